The van der Waals surface area contributed by atoms with Gasteiger partial charge in [-0.15, -0.1) is 0 Å². The average molecular weight is 194 g/mol. The summed E-state index contributed by atoms with van der Waals surface area (Å²) in [5.41, 5.74) is 0.870. The van der Waals surface area contributed by atoms with Crippen molar-refractivity contribution in [3.63, 3.8) is 0 Å². The Balaban J connectivity index is 0.000000364. The van der Waals surface area contributed by atoms with Crippen molar-refractivity contribution in [3.8, 4) is 0 Å². The molecule has 0 aliphatic heterocycles. The molecule has 0 saturated carbocycles. The Kier molecular flexibility index (Phi) is 7.42. The highest BCUT2D eigenvalue weighted by molar-refractivity contribution is 5.45. The van der Waals surface area contributed by atoms with E-state index in [-0.39, 0.29) is 0 Å². The zero-order valence-electron chi connectivity index (χ0n) is 9.03. The fourth-order valence-corrected chi connectivity index (χ4v) is 0.649. The Labute approximate surface area is 85.6 Å². The second-order valence-corrected chi connectivity index (χ2v) is 3.55. The van der Waals surface area contributed by atoms with Gasteiger partial charge in [0.05, 0.1) is 12.2 Å². The molecule has 0 bridgehead atoms. The van der Waals surface area contributed by atoms with E-state index in [0.717, 1.165) is 11.6 Å². The molecule has 0 aliphatic carbocycles. The highest BCUT2D eigenvalue weighted by Crippen LogP contribution is 1.90. The van der Waals surface area contributed by atoms with Crippen molar-refractivity contribution >= 4 is 6.41 Å². The predicted molar refractivity (Wildman–Crippen MR) is 57.7 cm³/mol. The first-order valence-corrected chi connectivity index (χ1v) is 4.73. The molecule has 0 atom stereocenters. The van der Waals surface area contributed by atoms with Gasteiger partial charge in [0.2, 0.25) is 6.41 Å². The monoisotopic (exact) mass is 194 g/mol. The van der Waals surface area contributed by atoms with Crippen LogP contribution in [0.1, 0.15) is 26.5 Å². The van der Waals surface area contributed by atoms with Crippen molar-refractivity contribution in [2.24, 2.45) is 5.92 Å². The quantitative estimate of drug-likeness (QED) is 0.748. The third-order valence-electron chi connectivity index (χ3n) is 1.09. The average Bonchev–Trinajstić information content (AvgIpc) is 2.15. The van der Waals surface area contributed by atoms with Crippen LogP contribution in [0, 0.1) is 5.92 Å². The van der Waals surface area contributed by atoms with Crippen LogP contribution in [-0.4, -0.2) is 11.4 Å². The first-order chi connectivity index (χ1) is 6.66. The van der Waals surface area contributed by atoms with Crippen molar-refractivity contribution in [1.82, 2.24) is 10.3 Å². The minimum atomic E-state index is 0.504. The smallest absolute Gasteiger partial charge is 0.207 e. The Morgan fingerprint density at radius 3 is 2.50 bits per heavy atom. The molecular weight excluding hydrogens is 176 g/mol. The van der Waals surface area contributed by atoms with Gasteiger partial charge in [0, 0.05) is 6.20 Å². The number of carbonyl (C=O) groups excluding carboxylic acids is 1. The first-order valence-electron chi connectivity index (χ1n) is 4.73. The van der Waals surface area contributed by atoms with Gasteiger partial charge in [-0.25, -0.2) is 0 Å². The molecule has 3 heteroatoms. The molecule has 1 amide bonds. The standard InChI is InChI=1S/C7H8N2O.C4H10/c10-6-8-5-7-3-1-2-4-9-7;1-4(2)3/h1-4,6H,5H2,(H,8,10);4H,1-3H3. The van der Waals surface area contributed by atoms with Gasteiger partial charge < -0.3 is 5.32 Å². The Bertz CT molecular complexity index is 232. The summed E-state index contributed by atoms with van der Waals surface area (Å²) in [6.45, 7) is 7.00. The number of carbonyl (C=O) groups is 1. The normalized spacial score (nSPS) is 8.86. The molecule has 0 fully saturated rings. The number of nitrogens with one attached hydrogen (secondary N) is 1. The number of amides is 1. The molecule has 0 aliphatic rings. The van der Waals surface area contributed by atoms with Crippen LogP contribution in [0.3, 0.4) is 0 Å². The van der Waals surface area contributed by atoms with E-state index in [1.165, 1.54) is 0 Å². The van der Waals surface area contributed by atoms with E-state index in [0.29, 0.717) is 13.0 Å². The minimum Gasteiger partial charge on any atom is -0.353 e. The molecule has 0 saturated heterocycles. The fourth-order valence-electron chi connectivity index (χ4n) is 0.649. The summed E-state index contributed by atoms with van der Waals surface area (Å²) in [7, 11) is 0. The van der Waals surface area contributed by atoms with E-state index in [4.69, 9.17) is 0 Å². The molecule has 0 radical (unpaired) electrons. The zero-order valence-corrected chi connectivity index (χ0v) is 9.03. The van der Waals surface area contributed by atoms with Crippen molar-refractivity contribution in [2.45, 2.75) is 27.3 Å². The maximum atomic E-state index is 9.84. The number of rotatable bonds is 3. The first kappa shape index (κ1) is 12.6. The molecule has 3 nitrogen and oxygen atoms in total. The summed E-state index contributed by atoms with van der Waals surface area (Å²) >= 11 is 0. The van der Waals surface area contributed by atoms with E-state index in [1.807, 2.05) is 18.2 Å². The van der Waals surface area contributed by atoms with Crippen LogP contribution in [0.5, 0.6) is 0 Å². The third kappa shape index (κ3) is 8.71. The van der Waals surface area contributed by atoms with Gasteiger partial charge in [0.1, 0.15) is 0 Å². The van der Waals surface area contributed by atoms with Crippen LogP contribution >= 0.6 is 0 Å². The summed E-state index contributed by atoms with van der Waals surface area (Å²) in [6, 6.07) is 5.58. The Morgan fingerprint density at radius 1 is 1.43 bits per heavy atom. The summed E-state index contributed by atoms with van der Waals surface area (Å²) in [6.07, 6.45) is 2.36. The molecule has 14 heavy (non-hydrogen) atoms. The molecular formula is C11H18N2O. The van der Waals surface area contributed by atoms with Crippen molar-refractivity contribution in [1.29, 1.82) is 0 Å². The lowest BCUT2D eigenvalue weighted by atomic mass is 10.3. The number of hydrogen-bond donors (Lipinski definition) is 1. The topological polar surface area (TPSA) is 42.0 Å². The number of pyridine rings is 1. The largest absolute Gasteiger partial charge is 0.353 e. The van der Waals surface area contributed by atoms with Gasteiger partial charge in [-0.1, -0.05) is 26.8 Å². The fraction of sp³-hybridized carbons (Fsp3) is 0.455. The third-order valence-corrected chi connectivity index (χ3v) is 1.09. The van der Waals surface area contributed by atoms with Crippen LogP contribution in [-0.2, 0) is 11.3 Å². The van der Waals surface area contributed by atoms with Gasteiger partial charge in [-0.05, 0) is 18.1 Å². The van der Waals surface area contributed by atoms with Crippen molar-refractivity contribution < 1.29 is 4.79 Å². The second kappa shape index (κ2) is 8.23. The molecule has 78 valence electrons. The van der Waals surface area contributed by atoms with E-state index in [1.54, 1.807) is 6.20 Å². The minimum absolute atomic E-state index is 0.504. The van der Waals surface area contributed by atoms with Crippen LogP contribution in [0.15, 0.2) is 24.4 Å². The molecule has 0 unspecified atom stereocenters. The SMILES string of the molecule is CC(C)C.O=CNCc1ccccn1. The van der Waals surface area contributed by atoms with Gasteiger partial charge >= 0.3 is 0 Å². The highest BCUT2D eigenvalue weighted by atomic mass is 16.1. The van der Waals surface area contributed by atoms with Crippen molar-refractivity contribution in [2.75, 3.05) is 0 Å². The van der Waals surface area contributed by atoms with E-state index < -0.39 is 0 Å². The lowest BCUT2D eigenvalue weighted by Crippen LogP contribution is -2.10. The van der Waals surface area contributed by atoms with Gasteiger partial charge in [0.25, 0.3) is 0 Å². The summed E-state index contributed by atoms with van der Waals surface area (Å²) in [5, 5.41) is 2.52. The molecule has 0 aromatic carbocycles. The highest BCUT2D eigenvalue weighted by Gasteiger charge is 1.87. The van der Waals surface area contributed by atoms with E-state index in [9.17, 15) is 4.79 Å². The maximum Gasteiger partial charge on any atom is 0.207 e. The lowest BCUT2D eigenvalue weighted by Gasteiger charge is -1.95. The predicted octanol–water partition coefficient (Wildman–Crippen LogP) is 1.99. The Morgan fingerprint density at radius 2 is 2.07 bits per heavy atom. The van der Waals surface area contributed by atoms with Crippen LogP contribution in [0.4, 0.5) is 0 Å². The lowest BCUT2D eigenvalue weighted by molar-refractivity contribution is -0.109. The Hall–Kier alpha value is -1.38. The van der Waals surface area contributed by atoms with Gasteiger partial charge in [-0.2, -0.15) is 0 Å². The van der Waals surface area contributed by atoms with Gasteiger partial charge in [-0.3, -0.25) is 9.78 Å². The van der Waals surface area contributed by atoms with Crippen LogP contribution < -0.4 is 5.32 Å². The van der Waals surface area contributed by atoms with Crippen molar-refractivity contribution in [3.05, 3.63) is 30.1 Å². The molecule has 1 heterocycles. The van der Waals surface area contributed by atoms with Gasteiger partial charge in [0.15, 0.2) is 0 Å². The molecule has 1 N–H and O–H groups in total. The summed E-state index contributed by atoms with van der Waals surface area (Å²) < 4.78 is 0. The zero-order chi connectivity index (χ0) is 10.8. The second-order valence-electron chi connectivity index (χ2n) is 3.55. The molecule has 1 rings (SSSR count). The molecule has 1 aromatic heterocycles. The summed E-state index contributed by atoms with van der Waals surface area (Å²) in [4.78, 5) is 13.8. The number of aromatic nitrogens is 1. The maximum absolute atomic E-state index is 9.84. The number of nitrogens with zero attached hydrogens (tertiary/aromatic N) is 1. The molecule has 0 spiro atoms. The number of hydrogen-bond acceptors (Lipinski definition) is 2. The van der Waals surface area contributed by atoms with Crippen LogP contribution in [0.25, 0.3) is 0 Å². The van der Waals surface area contributed by atoms with Crippen LogP contribution in [0.2, 0.25) is 0 Å². The molecule has 1 aromatic rings. The summed E-state index contributed by atoms with van der Waals surface area (Å²) in [5.74, 6) is 0.833. The van der Waals surface area contributed by atoms with E-state index >= 15 is 0 Å². The van der Waals surface area contributed by atoms with E-state index in [2.05, 4.69) is 31.1 Å².